The van der Waals surface area contributed by atoms with Crippen LogP contribution in [-0.4, -0.2) is 11.5 Å². The Kier molecular flexibility index (Phi) is 5.70. The molecule has 1 aromatic heterocycles. The molecule has 3 nitrogen and oxygen atoms in total. The molecule has 1 N–H and O–H groups in total. The second-order valence-corrected chi connectivity index (χ2v) is 6.10. The summed E-state index contributed by atoms with van der Waals surface area (Å²) in [6.45, 7) is 5.87. The van der Waals surface area contributed by atoms with E-state index < -0.39 is 5.82 Å². The number of nitrogens with one attached hydrogen (secondary N) is 1. The fourth-order valence-electron chi connectivity index (χ4n) is 1.82. The molecule has 2 aromatic rings. The van der Waals surface area contributed by atoms with Gasteiger partial charge >= 0.3 is 0 Å². The zero-order valence-corrected chi connectivity index (χ0v) is 13.7. The topological polar surface area (TPSA) is 34.2 Å². The number of aromatic nitrogens is 1. The molecule has 5 heteroatoms. The quantitative estimate of drug-likeness (QED) is 0.829. The first-order valence-corrected chi connectivity index (χ1v) is 7.62. The summed E-state index contributed by atoms with van der Waals surface area (Å²) in [5.41, 5.74) is 0.952. The van der Waals surface area contributed by atoms with Crippen molar-refractivity contribution in [3.8, 4) is 11.5 Å². The van der Waals surface area contributed by atoms with E-state index in [4.69, 9.17) is 4.74 Å². The Bertz CT molecular complexity index is 605. The number of nitrogens with zero attached hydrogens (tertiary/aromatic N) is 1. The van der Waals surface area contributed by atoms with Crippen LogP contribution >= 0.6 is 15.9 Å². The van der Waals surface area contributed by atoms with Gasteiger partial charge in [-0.1, -0.05) is 29.8 Å². The van der Waals surface area contributed by atoms with Crippen LogP contribution in [0.1, 0.15) is 19.4 Å². The van der Waals surface area contributed by atoms with Crippen LogP contribution in [0.3, 0.4) is 0 Å². The second kappa shape index (κ2) is 7.52. The summed E-state index contributed by atoms with van der Waals surface area (Å²) >= 11 is 3.23. The molecule has 0 saturated heterocycles. The molecular formula is C16H18BrFN2O. The highest BCUT2D eigenvalue weighted by Gasteiger charge is 2.09. The molecular weight excluding hydrogens is 335 g/mol. The summed E-state index contributed by atoms with van der Waals surface area (Å²) in [6.07, 6.45) is 3.31. The summed E-state index contributed by atoms with van der Waals surface area (Å²) in [5.74, 6) is 0.917. The van der Waals surface area contributed by atoms with Crippen molar-refractivity contribution in [2.24, 2.45) is 5.92 Å². The fraction of sp³-hybridized carbons (Fsp3) is 0.312. The van der Waals surface area contributed by atoms with Crippen molar-refractivity contribution >= 4 is 15.9 Å². The molecule has 0 aliphatic heterocycles. The average molecular weight is 353 g/mol. The number of pyridine rings is 1. The predicted molar refractivity (Wildman–Crippen MR) is 85.0 cm³/mol. The number of hydrogen-bond donors (Lipinski definition) is 1. The third-order valence-electron chi connectivity index (χ3n) is 2.85. The fourth-order valence-corrected chi connectivity index (χ4v) is 2.15. The Morgan fingerprint density at radius 1 is 1.29 bits per heavy atom. The number of rotatable bonds is 6. The van der Waals surface area contributed by atoms with Crippen molar-refractivity contribution in [3.05, 3.63) is 52.5 Å². The van der Waals surface area contributed by atoms with Gasteiger partial charge in [0.2, 0.25) is 0 Å². The first kappa shape index (κ1) is 15.9. The first-order valence-electron chi connectivity index (χ1n) is 6.82. The summed E-state index contributed by atoms with van der Waals surface area (Å²) in [5, 5.41) is 3.34. The standard InChI is InChI=1S/C16H18BrFN2O/c1-11(2)8-20-9-12-5-6-19-10-16(12)21-15-4-3-13(17)7-14(15)18/h3-7,10-11,20H,8-9H2,1-2H3. The second-order valence-electron chi connectivity index (χ2n) is 5.18. The van der Waals surface area contributed by atoms with Crippen LogP contribution in [0.5, 0.6) is 11.5 Å². The largest absolute Gasteiger partial charge is 0.452 e. The van der Waals surface area contributed by atoms with Gasteiger partial charge in [-0.2, -0.15) is 0 Å². The Morgan fingerprint density at radius 3 is 2.81 bits per heavy atom. The molecule has 0 saturated carbocycles. The van der Waals surface area contributed by atoms with Crippen molar-refractivity contribution in [3.63, 3.8) is 0 Å². The predicted octanol–water partition coefficient (Wildman–Crippen LogP) is 4.52. The van der Waals surface area contributed by atoms with Gasteiger partial charge < -0.3 is 10.1 Å². The Morgan fingerprint density at radius 2 is 2.10 bits per heavy atom. The van der Waals surface area contributed by atoms with Crippen LogP contribution in [-0.2, 0) is 6.54 Å². The molecule has 0 aliphatic rings. The SMILES string of the molecule is CC(C)CNCc1ccncc1Oc1ccc(Br)cc1F. The minimum atomic E-state index is -0.408. The maximum Gasteiger partial charge on any atom is 0.166 e. The average Bonchev–Trinajstić information content (AvgIpc) is 2.43. The van der Waals surface area contributed by atoms with Crippen molar-refractivity contribution in [1.29, 1.82) is 0 Å². The molecule has 0 amide bonds. The molecule has 0 spiro atoms. The lowest BCUT2D eigenvalue weighted by Crippen LogP contribution is -2.19. The van der Waals surface area contributed by atoms with E-state index in [1.54, 1.807) is 24.5 Å². The van der Waals surface area contributed by atoms with Gasteiger partial charge in [0.15, 0.2) is 11.6 Å². The minimum Gasteiger partial charge on any atom is -0.452 e. The molecule has 0 fully saturated rings. The van der Waals surface area contributed by atoms with Crippen molar-refractivity contribution in [1.82, 2.24) is 10.3 Å². The van der Waals surface area contributed by atoms with Gasteiger partial charge in [0.1, 0.15) is 5.75 Å². The Labute approximate surface area is 132 Å². The van der Waals surface area contributed by atoms with E-state index in [-0.39, 0.29) is 5.75 Å². The molecule has 0 unspecified atom stereocenters. The van der Waals surface area contributed by atoms with E-state index in [2.05, 4.69) is 40.1 Å². The summed E-state index contributed by atoms with van der Waals surface area (Å²) < 4.78 is 20.2. The van der Waals surface area contributed by atoms with Gasteiger partial charge in [-0.25, -0.2) is 4.39 Å². The van der Waals surface area contributed by atoms with Crippen LogP contribution < -0.4 is 10.1 Å². The number of ether oxygens (including phenoxy) is 1. The van der Waals surface area contributed by atoms with Gasteiger partial charge in [0, 0.05) is 22.8 Å². The smallest absolute Gasteiger partial charge is 0.166 e. The van der Waals surface area contributed by atoms with E-state index in [1.807, 2.05) is 6.07 Å². The number of hydrogen-bond acceptors (Lipinski definition) is 3. The lowest BCUT2D eigenvalue weighted by atomic mass is 10.2. The van der Waals surface area contributed by atoms with Crippen LogP contribution in [0.2, 0.25) is 0 Å². The molecule has 2 rings (SSSR count). The highest BCUT2D eigenvalue weighted by molar-refractivity contribution is 9.10. The summed E-state index contributed by atoms with van der Waals surface area (Å²) in [6, 6.07) is 6.59. The zero-order valence-electron chi connectivity index (χ0n) is 12.1. The van der Waals surface area contributed by atoms with Gasteiger partial charge in [0.05, 0.1) is 6.20 Å². The molecule has 0 radical (unpaired) electrons. The van der Waals surface area contributed by atoms with Crippen LogP contribution in [0.4, 0.5) is 4.39 Å². The maximum atomic E-state index is 13.8. The van der Waals surface area contributed by atoms with E-state index in [0.717, 1.165) is 12.1 Å². The van der Waals surface area contributed by atoms with E-state index in [0.29, 0.717) is 22.7 Å². The molecule has 21 heavy (non-hydrogen) atoms. The summed E-state index contributed by atoms with van der Waals surface area (Å²) in [7, 11) is 0. The number of halogens is 2. The molecule has 0 atom stereocenters. The van der Waals surface area contributed by atoms with Crippen LogP contribution in [0.15, 0.2) is 41.1 Å². The molecule has 0 aliphatic carbocycles. The number of benzene rings is 1. The summed E-state index contributed by atoms with van der Waals surface area (Å²) in [4.78, 5) is 4.05. The van der Waals surface area contributed by atoms with Gasteiger partial charge in [0.25, 0.3) is 0 Å². The van der Waals surface area contributed by atoms with Crippen molar-refractivity contribution < 1.29 is 9.13 Å². The molecule has 112 valence electrons. The van der Waals surface area contributed by atoms with Crippen LogP contribution in [0, 0.1) is 11.7 Å². The third kappa shape index (κ3) is 4.79. The van der Waals surface area contributed by atoms with Gasteiger partial charge in [-0.15, -0.1) is 0 Å². The lowest BCUT2D eigenvalue weighted by molar-refractivity contribution is 0.432. The Hall–Kier alpha value is -1.46. The van der Waals surface area contributed by atoms with Crippen molar-refractivity contribution in [2.75, 3.05) is 6.54 Å². The van der Waals surface area contributed by atoms with Crippen molar-refractivity contribution in [2.45, 2.75) is 20.4 Å². The molecule has 1 aromatic carbocycles. The van der Waals surface area contributed by atoms with E-state index >= 15 is 0 Å². The van der Waals surface area contributed by atoms with Gasteiger partial charge in [-0.3, -0.25) is 4.98 Å². The normalized spacial score (nSPS) is 10.9. The molecule has 1 heterocycles. The Balaban J connectivity index is 2.12. The highest BCUT2D eigenvalue weighted by atomic mass is 79.9. The third-order valence-corrected chi connectivity index (χ3v) is 3.35. The monoisotopic (exact) mass is 352 g/mol. The molecule has 0 bridgehead atoms. The van der Waals surface area contributed by atoms with E-state index in [1.165, 1.54) is 6.07 Å². The van der Waals surface area contributed by atoms with Crippen LogP contribution in [0.25, 0.3) is 0 Å². The minimum absolute atomic E-state index is 0.191. The van der Waals surface area contributed by atoms with E-state index in [9.17, 15) is 4.39 Å². The lowest BCUT2D eigenvalue weighted by Gasteiger charge is -2.13. The zero-order chi connectivity index (χ0) is 15.2. The van der Waals surface area contributed by atoms with Gasteiger partial charge in [-0.05, 0) is 36.7 Å². The maximum absolute atomic E-state index is 13.8. The first-order chi connectivity index (χ1) is 10.1. The highest BCUT2D eigenvalue weighted by Crippen LogP contribution is 2.28.